The van der Waals surface area contributed by atoms with Gasteiger partial charge in [-0.15, -0.1) is 0 Å². The summed E-state index contributed by atoms with van der Waals surface area (Å²) in [6.07, 6.45) is 2.13. The molecule has 1 heterocycles. The van der Waals surface area contributed by atoms with E-state index in [1.165, 1.54) is 16.6 Å². The fourth-order valence-electron chi connectivity index (χ4n) is 2.25. The first-order chi connectivity index (χ1) is 9.61. The summed E-state index contributed by atoms with van der Waals surface area (Å²) in [5.41, 5.74) is 5.78. The molecule has 0 aliphatic heterocycles. The summed E-state index contributed by atoms with van der Waals surface area (Å²) in [4.78, 5) is 0. The van der Waals surface area contributed by atoms with Crippen molar-refractivity contribution in [3.05, 3.63) is 71.6 Å². The first-order valence-electron chi connectivity index (χ1n) is 6.69. The van der Waals surface area contributed by atoms with Crippen LogP contribution in [0.2, 0.25) is 0 Å². The van der Waals surface area contributed by atoms with Crippen LogP contribution in [0.25, 0.3) is 11.1 Å². The van der Waals surface area contributed by atoms with Crippen molar-refractivity contribution in [1.82, 2.24) is 0 Å². The quantitative estimate of drug-likeness (QED) is 0.739. The van der Waals surface area contributed by atoms with E-state index < -0.39 is 0 Å². The minimum absolute atomic E-state index is 0.878. The molecule has 0 aliphatic carbocycles. The van der Waals surface area contributed by atoms with E-state index in [0.29, 0.717) is 0 Å². The van der Waals surface area contributed by atoms with Gasteiger partial charge in [-0.2, -0.15) is 0 Å². The molecule has 0 N–H and O–H groups in total. The van der Waals surface area contributed by atoms with Gasteiger partial charge in [0.2, 0.25) is 0 Å². The molecule has 1 aromatic heterocycles. The van der Waals surface area contributed by atoms with Gasteiger partial charge in [-0.25, -0.2) is 0 Å². The molecular weight excluding hydrogens is 243 g/mol. The molecule has 0 saturated carbocycles. The van der Waals surface area contributed by atoms with Crippen LogP contribution in [0.3, 0.4) is 0 Å². The fourth-order valence-corrected chi connectivity index (χ4v) is 2.25. The van der Waals surface area contributed by atoms with E-state index in [1.54, 1.807) is 7.11 Å². The molecule has 0 saturated heterocycles. The van der Waals surface area contributed by atoms with Crippen LogP contribution >= 0.6 is 0 Å². The van der Waals surface area contributed by atoms with Gasteiger partial charge in [-0.05, 0) is 0 Å². The first-order valence-corrected chi connectivity index (χ1v) is 6.69. The summed E-state index contributed by atoms with van der Waals surface area (Å²) in [5.74, 6) is 2.93. The van der Waals surface area contributed by atoms with Crippen molar-refractivity contribution in [1.29, 1.82) is 0 Å². The van der Waals surface area contributed by atoms with Crippen molar-refractivity contribution in [2.24, 2.45) is 0 Å². The maximum absolute atomic E-state index is 5.24. The minimum atomic E-state index is 0.878. The van der Waals surface area contributed by atoms with Crippen molar-refractivity contribution < 1.29 is 4.74 Å². The molecule has 0 radical (unpaired) electrons. The Balaban J connectivity index is 2.28. The molecule has 0 aliphatic rings. The average molecular weight is 262 g/mol. The molecule has 20 heavy (non-hydrogen) atoms. The van der Waals surface area contributed by atoms with Gasteiger partial charge in [-0.3, -0.25) is 0 Å². The Bertz CT molecular complexity index is 642. The molecule has 0 amide bonds. The van der Waals surface area contributed by atoms with Gasteiger partial charge < -0.3 is 0 Å². The van der Waals surface area contributed by atoms with Crippen molar-refractivity contribution in [2.75, 3.05) is 7.11 Å². The van der Waals surface area contributed by atoms with E-state index in [9.17, 15) is 0 Å². The molecule has 1 aromatic carbocycles. The monoisotopic (exact) mass is 262 g/mol. The Morgan fingerprint density at radius 1 is 1.25 bits per heavy atom. The number of aryl methyl sites for hydroxylation is 1. The molecule has 2 rings (SSSR count). The van der Waals surface area contributed by atoms with Crippen molar-refractivity contribution in [3.8, 4) is 5.75 Å². The molecule has 0 unspecified atom stereocenters. The molecule has 1 nitrogen and oxygen atoms in total. The van der Waals surface area contributed by atoms with E-state index in [0.717, 1.165) is 16.9 Å². The molecule has 0 atom stereocenters. The summed E-state index contributed by atoms with van der Waals surface area (Å²) in [7, 11) is 1.68. The first kappa shape index (κ1) is 14.3. The summed E-state index contributed by atoms with van der Waals surface area (Å²) in [6, 6.07) is 12.3. The van der Waals surface area contributed by atoms with E-state index in [-0.39, 0.29) is 0 Å². The second kappa shape index (κ2) is 6.38. The van der Waals surface area contributed by atoms with Gasteiger partial charge in [0.15, 0.2) is 0 Å². The van der Waals surface area contributed by atoms with Crippen LogP contribution in [0.4, 0.5) is 0 Å². The maximum atomic E-state index is 5.24. The Hall–Kier alpha value is -2.09. The van der Waals surface area contributed by atoms with Crippen molar-refractivity contribution in [2.45, 2.75) is 13.8 Å². The van der Waals surface area contributed by atoms with Crippen LogP contribution in [0.5, 0.6) is 5.75 Å². The number of benzene rings is 1. The zero-order valence-corrected chi connectivity index (χ0v) is 12.3. The second-order valence-electron chi connectivity index (χ2n) is 4.90. The van der Waals surface area contributed by atoms with Crippen LogP contribution in [-0.2, 0) is 0 Å². The molecule has 0 spiro atoms. The summed E-state index contributed by atoms with van der Waals surface area (Å²) >= 11 is 0. The third-order valence-electron chi connectivity index (χ3n) is 3.40. The molecular formula is C18H19BO. The summed E-state index contributed by atoms with van der Waals surface area (Å²) in [6.45, 7) is 10.5. The third kappa shape index (κ3) is 3.27. The zero-order valence-electron chi connectivity index (χ0n) is 12.3. The third-order valence-corrected chi connectivity index (χ3v) is 3.40. The molecule has 2 aromatic rings. The van der Waals surface area contributed by atoms with Gasteiger partial charge in [0.25, 0.3) is 0 Å². The Kier molecular flexibility index (Phi) is 4.57. The van der Waals surface area contributed by atoms with E-state index in [4.69, 9.17) is 4.74 Å². The normalized spacial score (nSPS) is 11.1. The van der Waals surface area contributed by atoms with Gasteiger partial charge in [0.05, 0.1) is 0 Å². The Morgan fingerprint density at radius 2 is 2.05 bits per heavy atom. The zero-order chi connectivity index (χ0) is 14.5. The number of ether oxygens (including phenoxy) is 1. The van der Waals surface area contributed by atoms with Crippen LogP contribution in [0.1, 0.15) is 23.5 Å². The number of hydrogen-bond acceptors (Lipinski definition) is 1. The van der Waals surface area contributed by atoms with Crippen LogP contribution < -0.4 is 4.74 Å². The predicted molar refractivity (Wildman–Crippen MR) is 88.2 cm³/mol. The predicted octanol–water partition coefficient (Wildman–Crippen LogP) is 4.46. The van der Waals surface area contributed by atoms with Gasteiger partial charge >= 0.3 is 121 Å². The van der Waals surface area contributed by atoms with Gasteiger partial charge in [-0.1, -0.05) is 0 Å². The van der Waals surface area contributed by atoms with Gasteiger partial charge in [0, 0.05) is 0 Å². The second-order valence-corrected chi connectivity index (χ2v) is 4.90. The summed E-state index contributed by atoms with van der Waals surface area (Å²) < 4.78 is 5.24. The standard InChI is InChI=1S/C18H19BO/c1-13(11-15(3)18-7-5-6-10-19-18)17-9-8-16(20-4)12-14(17)2/h5-12H,1H2,2-4H3/b15-11+. The Labute approximate surface area is 121 Å². The number of rotatable bonds is 4. The van der Waals surface area contributed by atoms with E-state index in [1.807, 2.05) is 30.2 Å². The van der Waals surface area contributed by atoms with Crippen LogP contribution in [0.15, 0.2) is 55.0 Å². The number of methoxy groups -OCH3 is 1. The molecule has 0 bridgehead atoms. The SMILES string of the molecule is C=C(/C=C(\C)c1bcccc1)c1ccc(OC)cc1C. The van der Waals surface area contributed by atoms with Crippen LogP contribution in [-0.4, -0.2) is 14.0 Å². The number of hydrogen-bond donors (Lipinski definition) is 0. The topological polar surface area (TPSA) is 9.23 Å². The average Bonchev–Trinajstić information content (AvgIpc) is 2.47. The molecule has 0 fully saturated rings. The number of allylic oxidation sites excluding steroid dienone is 3. The van der Waals surface area contributed by atoms with Crippen molar-refractivity contribution >= 4 is 18.1 Å². The van der Waals surface area contributed by atoms with E-state index in [2.05, 4.69) is 45.5 Å². The Morgan fingerprint density at radius 3 is 2.65 bits per heavy atom. The fraction of sp³-hybridized carbons (Fsp3) is 0.167. The van der Waals surface area contributed by atoms with Crippen LogP contribution in [0, 0.1) is 6.92 Å². The van der Waals surface area contributed by atoms with Gasteiger partial charge in [0.1, 0.15) is 0 Å². The van der Waals surface area contributed by atoms with E-state index >= 15 is 0 Å². The molecule has 2 heteroatoms. The van der Waals surface area contributed by atoms with Crippen molar-refractivity contribution in [3.63, 3.8) is 0 Å². The summed E-state index contributed by atoms with van der Waals surface area (Å²) in [5, 5.41) is 0. The molecule has 100 valence electrons.